The minimum atomic E-state index is -0.444. The Bertz CT molecular complexity index is 738. The highest BCUT2D eigenvalue weighted by Gasteiger charge is 2.12. The number of methoxy groups -OCH3 is 1. The Morgan fingerprint density at radius 1 is 1.08 bits per heavy atom. The molecule has 0 fully saturated rings. The van der Waals surface area contributed by atoms with Crippen molar-refractivity contribution in [3.63, 3.8) is 0 Å². The topological polar surface area (TPSA) is 64.6 Å². The van der Waals surface area contributed by atoms with E-state index in [1.807, 2.05) is 32.0 Å². The summed E-state index contributed by atoms with van der Waals surface area (Å²) in [5.41, 5.74) is 3.63. The van der Waals surface area contributed by atoms with Gasteiger partial charge in [0.05, 0.1) is 13.5 Å². The summed E-state index contributed by atoms with van der Waals surface area (Å²) in [5, 5.41) is 2.83. The number of aryl methyl sites for hydroxylation is 2. The molecule has 0 heterocycles. The molecule has 5 nitrogen and oxygen atoms in total. The lowest BCUT2D eigenvalue weighted by Gasteiger charge is -2.13. The van der Waals surface area contributed by atoms with Gasteiger partial charge in [0.2, 0.25) is 0 Å². The zero-order chi connectivity index (χ0) is 18.2. The molecule has 0 aliphatic heterocycles. The van der Waals surface area contributed by atoms with Crippen LogP contribution in [0, 0.1) is 6.92 Å². The van der Waals surface area contributed by atoms with Crippen molar-refractivity contribution < 1.29 is 19.1 Å². The van der Waals surface area contributed by atoms with Gasteiger partial charge in [-0.2, -0.15) is 0 Å². The number of anilines is 1. The summed E-state index contributed by atoms with van der Waals surface area (Å²) in [7, 11) is 1.58. The molecule has 0 bridgehead atoms. The van der Waals surface area contributed by atoms with Gasteiger partial charge in [-0.3, -0.25) is 9.59 Å². The number of benzene rings is 2. The van der Waals surface area contributed by atoms with Crippen molar-refractivity contribution in [1.29, 1.82) is 0 Å². The van der Waals surface area contributed by atoms with Crippen molar-refractivity contribution in [1.82, 2.24) is 0 Å². The summed E-state index contributed by atoms with van der Waals surface area (Å²) in [6.45, 7) is 3.66. The van der Waals surface area contributed by atoms with E-state index in [0.29, 0.717) is 0 Å². The van der Waals surface area contributed by atoms with E-state index >= 15 is 0 Å². The number of para-hydroxylation sites is 1. The van der Waals surface area contributed by atoms with E-state index in [2.05, 4.69) is 5.32 Å². The van der Waals surface area contributed by atoms with Crippen molar-refractivity contribution in [2.45, 2.75) is 26.7 Å². The van der Waals surface area contributed by atoms with Crippen LogP contribution in [0.4, 0.5) is 5.69 Å². The molecule has 2 rings (SSSR count). The Morgan fingerprint density at radius 3 is 2.44 bits per heavy atom. The van der Waals surface area contributed by atoms with Gasteiger partial charge in [0.25, 0.3) is 5.91 Å². The summed E-state index contributed by atoms with van der Waals surface area (Å²) in [6.07, 6.45) is 0.927. The van der Waals surface area contributed by atoms with Gasteiger partial charge in [0.15, 0.2) is 6.61 Å². The lowest BCUT2D eigenvalue weighted by molar-refractivity contribution is -0.146. The molecule has 0 radical (unpaired) electrons. The Labute approximate surface area is 148 Å². The standard InChI is InChI=1S/C20H23NO4/c1-4-16-7-5-6-14(2)20(16)21-18(22)13-25-19(23)12-15-8-10-17(24-3)11-9-15/h5-11H,4,12-13H2,1-3H3,(H,21,22). The summed E-state index contributed by atoms with van der Waals surface area (Å²) in [6, 6.07) is 13.0. The molecule has 0 aliphatic rings. The molecular formula is C20H23NO4. The third-order valence-electron chi connectivity index (χ3n) is 3.88. The molecule has 25 heavy (non-hydrogen) atoms. The van der Waals surface area contributed by atoms with Crippen LogP contribution >= 0.6 is 0 Å². The van der Waals surface area contributed by atoms with E-state index in [1.54, 1.807) is 31.4 Å². The molecule has 0 saturated carbocycles. The van der Waals surface area contributed by atoms with Crippen LogP contribution in [0.25, 0.3) is 0 Å². The minimum absolute atomic E-state index is 0.113. The van der Waals surface area contributed by atoms with E-state index in [0.717, 1.165) is 34.5 Å². The Kier molecular flexibility index (Phi) is 6.57. The summed E-state index contributed by atoms with van der Waals surface area (Å²) in [4.78, 5) is 23.9. The predicted molar refractivity (Wildman–Crippen MR) is 96.8 cm³/mol. The molecule has 0 saturated heterocycles. The fourth-order valence-electron chi connectivity index (χ4n) is 2.48. The lowest BCUT2D eigenvalue weighted by Crippen LogP contribution is -2.22. The van der Waals surface area contributed by atoms with Crippen LogP contribution in [0.2, 0.25) is 0 Å². The maximum atomic E-state index is 12.1. The van der Waals surface area contributed by atoms with Crippen molar-refractivity contribution in [3.8, 4) is 5.75 Å². The number of carbonyl (C=O) groups is 2. The molecule has 5 heteroatoms. The number of nitrogens with one attached hydrogen (secondary N) is 1. The second kappa shape index (κ2) is 8.87. The van der Waals surface area contributed by atoms with Gasteiger partial charge in [0.1, 0.15) is 5.75 Å². The smallest absolute Gasteiger partial charge is 0.310 e. The lowest BCUT2D eigenvalue weighted by atomic mass is 10.1. The maximum absolute atomic E-state index is 12.1. The highest BCUT2D eigenvalue weighted by atomic mass is 16.5. The zero-order valence-corrected chi connectivity index (χ0v) is 14.8. The monoisotopic (exact) mass is 341 g/mol. The largest absolute Gasteiger partial charge is 0.497 e. The first-order valence-electron chi connectivity index (χ1n) is 8.20. The number of hydrogen-bond donors (Lipinski definition) is 1. The van der Waals surface area contributed by atoms with Crippen molar-refractivity contribution in [2.24, 2.45) is 0 Å². The molecular weight excluding hydrogens is 318 g/mol. The number of esters is 1. The molecule has 1 N–H and O–H groups in total. The fraction of sp³-hybridized carbons (Fsp3) is 0.300. The maximum Gasteiger partial charge on any atom is 0.310 e. The van der Waals surface area contributed by atoms with Crippen LogP contribution in [0.5, 0.6) is 5.75 Å². The van der Waals surface area contributed by atoms with Crippen LogP contribution in [0.15, 0.2) is 42.5 Å². The third kappa shape index (κ3) is 5.35. The van der Waals surface area contributed by atoms with Crippen molar-refractivity contribution >= 4 is 17.6 Å². The van der Waals surface area contributed by atoms with E-state index in [9.17, 15) is 9.59 Å². The molecule has 1 amide bonds. The molecule has 0 spiro atoms. The Hall–Kier alpha value is -2.82. The Morgan fingerprint density at radius 2 is 1.80 bits per heavy atom. The zero-order valence-electron chi connectivity index (χ0n) is 14.8. The average molecular weight is 341 g/mol. The Balaban J connectivity index is 1.86. The van der Waals surface area contributed by atoms with Crippen LogP contribution in [0.1, 0.15) is 23.6 Å². The normalized spacial score (nSPS) is 10.2. The van der Waals surface area contributed by atoms with Crippen molar-refractivity contribution in [2.75, 3.05) is 19.0 Å². The first-order valence-corrected chi connectivity index (χ1v) is 8.20. The first kappa shape index (κ1) is 18.5. The van der Waals surface area contributed by atoms with Crippen molar-refractivity contribution in [3.05, 3.63) is 59.2 Å². The van der Waals surface area contributed by atoms with Crippen LogP contribution in [-0.2, 0) is 27.2 Å². The van der Waals surface area contributed by atoms with E-state index in [1.165, 1.54) is 0 Å². The van der Waals surface area contributed by atoms with E-state index < -0.39 is 5.97 Å². The molecule has 0 aromatic heterocycles. The number of carbonyl (C=O) groups excluding carboxylic acids is 2. The van der Waals surface area contributed by atoms with E-state index in [-0.39, 0.29) is 18.9 Å². The van der Waals surface area contributed by atoms with Crippen LogP contribution in [0.3, 0.4) is 0 Å². The predicted octanol–water partition coefficient (Wildman–Crippen LogP) is 3.29. The summed E-state index contributed by atoms with van der Waals surface area (Å²) < 4.78 is 10.1. The quantitative estimate of drug-likeness (QED) is 0.785. The SMILES string of the molecule is CCc1cccc(C)c1NC(=O)COC(=O)Cc1ccc(OC)cc1. The number of hydrogen-bond acceptors (Lipinski definition) is 4. The molecule has 2 aromatic carbocycles. The molecule has 0 aliphatic carbocycles. The van der Waals surface area contributed by atoms with Gasteiger partial charge in [-0.05, 0) is 42.2 Å². The molecule has 2 aromatic rings. The molecule has 0 unspecified atom stereocenters. The van der Waals surface area contributed by atoms with Gasteiger partial charge < -0.3 is 14.8 Å². The second-order valence-corrected chi connectivity index (χ2v) is 5.70. The van der Waals surface area contributed by atoms with Gasteiger partial charge in [-0.25, -0.2) is 0 Å². The van der Waals surface area contributed by atoms with Gasteiger partial charge >= 0.3 is 5.97 Å². The van der Waals surface area contributed by atoms with Gasteiger partial charge in [-0.15, -0.1) is 0 Å². The number of amides is 1. The van der Waals surface area contributed by atoms with Crippen LogP contribution in [-0.4, -0.2) is 25.6 Å². The minimum Gasteiger partial charge on any atom is -0.497 e. The second-order valence-electron chi connectivity index (χ2n) is 5.70. The first-order chi connectivity index (χ1) is 12.0. The summed E-state index contributed by atoms with van der Waals surface area (Å²) >= 11 is 0. The molecule has 0 atom stereocenters. The molecule has 132 valence electrons. The summed E-state index contributed by atoms with van der Waals surface area (Å²) in [5.74, 6) is -0.0608. The highest BCUT2D eigenvalue weighted by Crippen LogP contribution is 2.21. The van der Waals surface area contributed by atoms with Gasteiger partial charge in [-0.1, -0.05) is 37.3 Å². The highest BCUT2D eigenvalue weighted by molar-refractivity contribution is 5.94. The number of ether oxygens (including phenoxy) is 2. The fourth-order valence-corrected chi connectivity index (χ4v) is 2.48. The van der Waals surface area contributed by atoms with Crippen LogP contribution < -0.4 is 10.1 Å². The van der Waals surface area contributed by atoms with E-state index in [4.69, 9.17) is 9.47 Å². The third-order valence-corrected chi connectivity index (χ3v) is 3.88. The van der Waals surface area contributed by atoms with Gasteiger partial charge in [0, 0.05) is 5.69 Å². The average Bonchev–Trinajstić information content (AvgIpc) is 2.62. The number of rotatable bonds is 7.